The first kappa shape index (κ1) is 15.7. The predicted molar refractivity (Wildman–Crippen MR) is 74.7 cm³/mol. The van der Waals surface area contributed by atoms with Crippen LogP contribution in [0.25, 0.3) is 0 Å². The van der Waals surface area contributed by atoms with Crippen LogP contribution < -0.4 is 5.73 Å². The number of allylic oxidation sites excluding steroid dienone is 2. The van der Waals surface area contributed by atoms with E-state index in [9.17, 15) is 0 Å². The van der Waals surface area contributed by atoms with Gasteiger partial charge in [-0.15, -0.1) is 0 Å². The highest BCUT2D eigenvalue weighted by atomic mass is 14.5. The first-order valence-electron chi connectivity index (χ1n) is 7.27. The van der Waals surface area contributed by atoms with Crippen molar-refractivity contribution in [1.82, 2.24) is 0 Å². The molecule has 0 bridgehead atoms. The van der Waals surface area contributed by atoms with E-state index in [0.29, 0.717) is 0 Å². The Kier molecular flexibility index (Phi) is 14.4. The fourth-order valence-corrected chi connectivity index (χ4v) is 1.86. The molecule has 0 aliphatic carbocycles. The molecule has 0 saturated carbocycles. The molecule has 0 unspecified atom stereocenters. The Labute approximate surface area is 102 Å². The smallest absolute Gasteiger partial charge is 0.00773 e. The van der Waals surface area contributed by atoms with Crippen LogP contribution in [0.3, 0.4) is 0 Å². The van der Waals surface area contributed by atoms with Crippen molar-refractivity contribution in [1.29, 1.82) is 0 Å². The standard InChI is InChI=1S/C15H31N/c1-2-3-4-5-6-7-8-9-10-11-12-13-14-15-16/h7-8H,2-6,9-16H2,1H3/b8-7+. The molecule has 0 heterocycles. The average molecular weight is 225 g/mol. The van der Waals surface area contributed by atoms with Gasteiger partial charge in [0.05, 0.1) is 0 Å². The van der Waals surface area contributed by atoms with Gasteiger partial charge in [-0.05, 0) is 38.6 Å². The largest absolute Gasteiger partial charge is 0.330 e. The molecule has 0 atom stereocenters. The third kappa shape index (κ3) is 13.7. The third-order valence-corrected chi connectivity index (χ3v) is 2.97. The molecule has 0 saturated heterocycles. The highest BCUT2D eigenvalue weighted by Crippen LogP contribution is 2.07. The van der Waals surface area contributed by atoms with Crippen molar-refractivity contribution < 1.29 is 0 Å². The molecule has 0 radical (unpaired) electrons. The zero-order chi connectivity index (χ0) is 11.9. The highest BCUT2D eigenvalue weighted by Gasteiger charge is 1.88. The number of hydrogen-bond acceptors (Lipinski definition) is 1. The van der Waals surface area contributed by atoms with E-state index in [2.05, 4.69) is 19.1 Å². The van der Waals surface area contributed by atoms with Crippen LogP contribution in [0, 0.1) is 0 Å². The Hall–Kier alpha value is -0.300. The van der Waals surface area contributed by atoms with Gasteiger partial charge in [0.25, 0.3) is 0 Å². The molecule has 0 aliphatic heterocycles. The van der Waals surface area contributed by atoms with Gasteiger partial charge in [-0.2, -0.15) is 0 Å². The van der Waals surface area contributed by atoms with E-state index < -0.39 is 0 Å². The third-order valence-electron chi connectivity index (χ3n) is 2.97. The van der Waals surface area contributed by atoms with Gasteiger partial charge in [-0.25, -0.2) is 0 Å². The summed E-state index contributed by atoms with van der Waals surface area (Å²) in [5.41, 5.74) is 5.45. The van der Waals surface area contributed by atoms with E-state index in [1.807, 2.05) is 0 Å². The summed E-state index contributed by atoms with van der Waals surface area (Å²) in [6, 6.07) is 0. The van der Waals surface area contributed by atoms with Crippen LogP contribution in [0.1, 0.15) is 77.6 Å². The van der Waals surface area contributed by atoms with Crippen LogP contribution in [-0.4, -0.2) is 6.54 Å². The summed E-state index contributed by atoms with van der Waals surface area (Å²) in [6.07, 6.45) is 19.4. The van der Waals surface area contributed by atoms with Gasteiger partial charge in [0, 0.05) is 0 Å². The molecule has 96 valence electrons. The van der Waals surface area contributed by atoms with Crippen molar-refractivity contribution in [2.45, 2.75) is 77.6 Å². The minimum Gasteiger partial charge on any atom is -0.330 e. The molecule has 1 heteroatoms. The first-order valence-corrected chi connectivity index (χ1v) is 7.27. The molecule has 0 amide bonds. The molecular formula is C15H31N. The maximum atomic E-state index is 5.45. The van der Waals surface area contributed by atoms with E-state index in [0.717, 1.165) is 6.54 Å². The van der Waals surface area contributed by atoms with E-state index in [4.69, 9.17) is 5.73 Å². The summed E-state index contributed by atoms with van der Waals surface area (Å²) in [4.78, 5) is 0. The minimum absolute atomic E-state index is 0.859. The summed E-state index contributed by atoms with van der Waals surface area (Å²) >= 11 is 0. The number of nitrogens with two attached hydrogens (primary N) is 1. The normalized spacial score (nSPS) is 11.4. The molecule has 16 heavy (non-hydrogen) atoms. The van der Waals surface area contributed by atoms with Crippen LogP contribution in [-0.2, 0) is 0 Å². The van der Waals surface area contributed by atoms with Crippen molar-refractivity contribution >= 4 is 0 Å². The Morgan fingerprint density at radius 1 is 0.688 bits per heavy atom. The van der Waals surface area contributed by atoms with Crippen molar-refractivity contribution in [3.63, 3.8) is 0 Å². The van der Waals surface area contributed by atoms with Gasteiger partial charge in [-0.3, -0.25) is 0 Å². The lowest BCUT2D eigenvalue weighted by Crippen LogP contribution is -1.97. The van der Waals surface area contributed by atoms with Gasteiger partial charge in [-0.1, -0.05) is 57.6 Å². The van der Waals surface area contributed by atoms with Crippen LogP contribution in [0.2, 0.25) is 0 Å². The molecule has 0 aromatic carbocycles. The van der Waals surface area contributed by atoms with E-state index >= 15 is 0 Å². The van der Waals surface area contributed by atoms with Gasteiger partial charge < -0.3 is 5.73 Å². The van der Waals surface area contributed by atoms with Crippen LogP contribution in [0.5, 0.6) is 0 Å². The van der Waals surface area contributed by atoms with Crippen LogP contribution >= 0.6 is 0 Å². The van der Waals surface area contributed by atoms with Gasteiger partial charge >= 0.3 is 0 Å². The second-order valence-electron chi connectivity index (χ2n) is 4.67. The number of unbranched alkanes of at least 4 members (excludes halogenated alkanes) is 9. The molecule has 1 nitrogen and oxygen atoms in total. The van der Waals surface area contributed by atoms with Crippen molar-refractivity contribution in [3.05, 3.63) is 12.2 Å². The van der Waals surface area contributed by atoms with E-state index in [-0.39, 0.29) is 0 Å². The number of rotatable bonds is 12. The lowest BCUT2D eigenvalue weighted by molar-refractivity contribution is 0.621. The second-order valence-corrected chi connectivity index (χ2v) is 4.67. The Morgan fingerprint density at radius 2 is 1.19 bits per heavy atom. The average Bonchev–Trinajstić information content (AvgIpc) is 2.31. The molecule has 0 aliphatic rings. The second kappa shape index (κ2) is 14.7. The minimum atomic E-state index is 0.859. The Bertz CT molecular complexity index is 140. The highest BCUT2D eigenvalue weighted by molar-refractivity contribution is 4.81. The SMILES string of the molecule is CCCCCC/C=C/CCCCCCCN. The molecule has 0 aromatic rings. The van der Waals surface area contributed by atoms with Crippen LogP contribution in [0.15, 0.2) is 12.2 Å². The molecular weight excluding hydrogens is 194 g/mol. The van der Waals surface area contributed by atoms with Gasteiger partial charge in [0.15, 0.2) is 0 Å². The zero-order valence-corrected chi connectivity index (χ0v) is 11.2. The maximum Gasteiger partial charge on any atom is -0.00773 e. The van der Waals surface area contributed by atoms with Gasteiger partial charge in [0.1, 0.15) is 0 Å². The maximum absolute atomic E-state index is 5.45. The zero-order valence-electron chi connectivity index (χ0n) is 11.2. The molecule has 0 aromatic heterocycles. The first-order chi connectivity index (χ1) is 7.91. The molecule has 2 N–H and O–H groups in total. The van der Waals surface area contributed by atoms with E-state index in [1.165, 1.54) is 70.6 Å². The topological polar surface area (TPSA) is 26.0 Å². The van der Waals surface area contributed by atoms with Gasteiger partial charge in [0.2, 0.25) is 0 Å². The Morgan fingerprint density at radius 3 is 1.75 bits per heavy atom. The van der Waals surface area contributed by atoms with Crippen molar-refractivity contribution in [2.24, 2.45) is 5.73 Å². The summed E-state index contributed by atoms with van der Waals surface area (Å²) in [7, 11) is 0. The van der Waals surface area contributed by atoms with Crippen molar-refractivity contribution in [3.8, 4) is 0 Å². The summed E-state index contributed by atoms with van der Waals surface area (Å²) in [5, 5.41) is 0. The summed E-state index contributed by atoms with van der Waals surface area (Å²) < 4.78 is 0. The quantitative estimate of drug-likeness (QED) is 0.374. The molecule has 0 rings (SSSR count). The van der Waals surface area contributed by atoms with E-state index in [1.54, 1.807) is 0 Å². The fraction of sp³-hybridized carbons (Fsp3) is 0.867. The van der Waals surface area contributed by atoms with Crippen molar-refractivity contribution in [2.75, 3.05) is 6.54 Å². The monoisotopic (exact) mass is 225 g/mol. The Balaban J connectivity index is 2.98. The summed E-state index contributed by atoms with van der Waals surface area (Å²) in [6.45, 7) is 3.12. The van der Waals surface area contributed by atoms with Crippen LogP contribution in [0.4, 0.5) is 0 Å². The lowest BCUT2D eigenvalue weighted by Gasteiger charge is -1.98. The number of hydrogen-bond donors (Lipinski definition) is 1. The predicted octanol–water partition coefficient (Wildman–Crippen LogP) is 4.81. The molecule has 0 fully saturated rings. The molecule has 0 spiro atoms. The fourth-order valence-electron chi connectivity index (χ4n) is 1.86. The summed E-state index contributed by atoms with van der Waals surface area (Å²) in [5.74, 6) is 0. The lowest BCUT2D eigenvalue weighted by atomic mass is 10.1.